The molecule has 1 aliphatic carbocycles. The van der Waals surface area contributed by atoms with Crippen molar-refractivity contribution in [1.29, 1.82) is 0 Å². The number of amides is 1. The Labute approximate surface area is 103 Å². The van der Waals surface area contributed by atoms with E-state index >= 15 is 0 Å². The molecule has 3 N–H and O–H groups in total. The van der Waals surface area contributed by atoms with Crippen LogP contribution in [0.2, 0.25) is 0 Å². The first-order valence-corrected chi connectivity index (χ1v) is 6.13. The van der Waals surface area contributed by atoms with Gasteiger partial charge in [0.15, 0.2) is 0 Å². The van der Waals surface area contributed by atoms with Crippen LogP contribution >= 0.6 is 0 Å². The van der Waals surface area contributed by atoms with E-state index in [1.165, 1.54) is 0 Å². The average Bonchev–Trinajstić information content (AvgIpc) is 2.08. The maximum absolute atomic E-state index is 11.7. The quantitative estimate of drug-likeness (QED) is 0.690. The number of carbonyl (C=O) groups is 1. The first kappa shape index (κ1) is 14.3. The van der Waals surface area contributed by atoms with Crippen LogP contribution in [0, 0.1) is 0 Å². The first-order chi connectivity index (χ1) is 7.79. The van der Waals surface area contributed by atoms with E-state index in [0.29, 0.717) is 6.54 Å². The van der Waals surface area contributed by atoms with Gasteiger partial charge in [0.2, 0.25) is 0 Å². The van der Waals surface area contributed by atoms with Crippen molar-refractivity contribution >= 4 is 6.09 Å². The van der Waals surface area contributed by atoms with E-state index in [1.807, 2.05) is 20.8 Å². The molecule has 0 bridgehead atoms. The van der Waals surface area contributed by atoms with Crippen LogP contribution in [0.4, 0.5) is 4.79 Å². The number of ether oxygens (including phenoxy) is 1. The molecule has 1 rings (SSSR count). The summed E-state index contributed by atoms with van der Waals surface area (Å²) in [6, 6.07) is 0. The number of carbonyl (C=O) groups excluding carboxylic acids is 1. The molecule has 0 saturated heterocycles. The molecule has 0 spiro atoms. The molecule has 1 amide bonds. The van der Waals surface area contributed by atoms with Crippen LogP contribution in [0.1, 0.15) is 40.0 Å². The minimum absolute atomic E-state index is 0.452. The zero-order valence-corrected chi connectivity index (χ0v) is 11.2. The Morgan fingerprint density at radius 3 is 2.41 bits per heavy atom. The molecule has 0 aliphatic heterocycles. The molecule has 1 atom stereocenters. The number of aliphatic hydroxyl groups excluding tert-OH is 1. The molecule has 1 unspecified atom stereocenters. The number of nitrogens with one attached hydrogen (secondary N) is 2. The normalized spacial score (nSPS) is 20.3. The molecule has 0 aromatic carbocycles. The summed E-state index contributed by atoms with van der Waals surface area (Å²) in [5.74, 6) is 0. The third kappa shape index (κ3) is 3.85. The lowest BCUT2D eigenvalue weighted by atomic mass is 9.72. The van der Waals surface area contributed by atoms with Crippen molar-refractivity contribution in [3.8, 4) is 0 Å². The van der Waals surface area contributed by atoms with E-state index in [9.17, 15) is 9.90 Å². The molecular formula is C12H24N2O3. The molecule has 0 aromatic rings. The van der Waals surface area contributed by atoms with Crippen molar-refractivity contribution in [2.24, 2.45) is 0 Å². The largest absolute Gasteiger partial charge is 0.444 e. The lowest BCUT2D eigenvalue weighted by Crippen LogP contribution is -2.63. The zero-order chi connectivity index (χ0) is 13.1. The second kappa shape index (κ2) is 5.23. The lowest BCUT2D eigenvalue weighted by molar-refractivity contribution is -0.00789. The van der Waals surface area contributed by atoms with Gasteiger partial charge in [-0.25, -0.2) is 4.79 Å². The fourth-order valence-corrected chi connectivity index (χ4v) is 1.99. The Morgan fingerprint density at radius 1 is 1.47 bits per heavy atom. The highest BCUT2D eigenvalue weighted by Crippen LogP contribution is 2.35. The van der Waals surface area contributed by atoms with E-state index in [4.69, 9.17) is 4.74 Å². The standard InChI is InChI=1S/C12H24N2O3/c1-11(2,3)17-10(16)14-12(6-5-7-12)9(15)8-13-4/h9,13,15H,5-8H2,1-4H3,(H,14,16). The van der Waals surface area contributed by atoms with E-state index in [0.717, 1.165) is 19.3 Å². The molecule has 1 fully saturated rings. The van der Waals surface area contributed by atoms with Gasteiger partial charge < -0.3 is 20.5 Å². The molecule has 0 radical (unpaired) electrons. The van der Waals surface area contributed by atoms with Crippen LogP contribution < -0.4 is 10.6 Å². The number of hydrogen-bond donors (Lipinski definition) is 3. The van der Waals surface area contributed by atoms with Crippen LogP contribution in [0.3, 0.4) is 0 Å². The summed E-state index contributed by atoms with van der Waals surface area (Å²) in [5.41, 5.74) is -1.02. The van der Waals surface area contributed by atoms with Gasteiger partial charge in [-0.1, -0.05) is 0 Å². The molecule has 1 aliphatic rings. The topological polar surface area (TPSA) is 70.6 Å². The van der Waals surface area contributed by atoms with E-state index in [2.05, 4.69) is 10.6 Å². The molecule has 0 heterocycles. The van der Waals surface area contributed by atoms with Crippen molar-refractivity contribution < 1.29 is 14.6 Å². The van der Waals surface area contributed by atoms with Gasteiger partial charge in [0, 0.05) is 6.54 Å². The number of likely N-dealkylation sites (N-methyl/N-ethyl adjacent to an activating group) is 1. The first-order valence-electron chi connectivity index (χ1n) is 6.13. The Morgan fingerprint density at radius 2 is 2.06 bits per heavy atom. The highest BCUT2D eigenvalue weighted by Gasteiger charge is 2.45. The number of alkyl carbamates (subject to hydrolysis) is 1. The van der Waals surface area contributed by atoms with Crippen molar-refractivity contribution in [3.63, 3.8) is 0 Å². The van der Waals surface area contributed by atoms with Gasteiger partial charge in [-0.05, 0) is 47.1 Å². The molecule has 0 aromatic heterocycles. The SMILES string of the molecule is CNCC(O)C1(NC(=O)OC(C)(C)C)CCC1. The van der Waals surface area contributed by atoms with Crippen LogP contribution in [0.25, 0.3) is 0 Å². The maximum atomic E-state index is 11.7. The monoisotopic (exact) mass is 244 g/mol. The highest BCUT2D eigenvalue weighted by molar-refractivity contribution is 5.69. The van der Waals surface area contributed by atoms with E-state index in [-0.39, 0.29) is 0 Å². The molecule has 1 saturated carbocycles. The van der Waals surface area contributed by atoms with E-state index in [1.54, 1.807) is 7.05 Å². The molecule has 5 heteroatoms. The highest BCUT2D eigenvalue weighted by atomic mass is 16.6. The van der Waals surface area contributed by atoms with E-state index < -0.39 is 23.3 Å². The van der Waals surface area contributed by atoms with Gasteiger partial charge in [0.05, 0.1) is 11.6 Å². The van der Waals surface area contributed by atoms with Crippen molar-refractivity contribution in [2.45, 2.75) is 57.3 Å². The molecule has 5 nitrogen and oxygen atoms in total. The third-order valence-corrected chi connectivity index (χ3v) is 3.03. The lowest BCUT2D eigenvalue weighted by Gasteiger charge is -2.45. The molecule has 17 heavy (non-hydrogen) atoms. The van der Waals surface area contributed by atoms with Gasteiger partial charge in [0.25, 0.3) is 0 Å². The minimum Gasteiger partial charge on any atom is -0.444 e. The Bertz CT molecular complexity index is 269. The van der Waals surface area contributed by atoms with Gasteiger partial charge in [-0.3, -0.25) is 0 Å². The third-order valence-electron chi connectivity index (χ3n) is 3.03. The minimum atomic E-state index is -0.575. The number of hydrogen-bond acceptors (Lipinski definition) is 4. The summed E-state index contributed by atoms with van der Waals surface area (Å²) in [4.78, 5) is 11.7. The zero-order valence-electron chi connectivity index (χ0n) is 11.2. The van der Waals surface area contributed by atoms with Gasteiger partial charge >= 0.3 is 6.09 Å². The smallest absolute Gasteiger partial charge is 0.408 e. The summed E-state index contributed by atoms with van der Waals surface area (Å²) < 4.78 is 5.22. The second-order valence-corrected chi connectivity index (χ2v) is 5.71. The Balaban J connectivity index is 2.54. The number of rotatable bonds is 4. The summed E-state index contributed by atoms with van der Waals surface area (Å²) in [5, 5.41) is 15.8. The second-order valence-electron chi connectivity index (χ2n) is 5.71. The predicted molar refractivity (Wildman–Crippen MR) is 65.9 cm³/mol. The Kier molecular flexibility index (Phi) is 4.38. The van der Waals surface area contributed by atoms with Crippen molar-refractivity contribution in [3.05, 3.63) is 0 Å². The van der Waals surface area contributed by atoms with Crippen LogP contribution in [-0.4, -0.2) is 42.0 Å². The van der Waals surface area contributed by atoms with Gasteiger partial charge in [-0.2, -0.15) is 0 Å². The average molecular weight is 244 g/mol. The molecule has 100 valence electrons. The maximum Gasteiger partial charge on any atom is 0.408 e. The van der Waals surface area contributed by atoms with Crippen LogP contribution in [0.15, 0.2) is 0 Å². The van der Waals surface area contributed by atoms with Crippen molar-refractivity contribution in [2.75, 3.05) is 13.6 Å². The van der Waals surface area contributed by atoms with Gasteiger partial charge in [-0.15, -0.1) is 0 Å². The Hall–Kier alpha value is -0.810. The molecular weight excluding hydrogens is 220 g/mol. The van der Waals surface area contributed by atoms with Crippen LogP contribution in [0.5, 0.6) is 0 Å². The predicted octanol–water partition coefficient (Wildman–Crippen LogP) is 1.01. The fraction of sp³-hybridized carbons (Fsp3) is 0.917. The van der Waals surface area contributed by atoms with Crippen molar-refractivity contribution in [1.82, 2.24) is 10.6 Å². The number of aliphatic hydroxyl groups is 1. The fourth-order valence-electron chi connectivity index (χ4n) is 1.99. The summed E-state index contributed by atoms with van der Waals surface area (Å²) in [6.07, 6.45) is 1.60. The summed E-state index contributed by atoms with van der Waals surface area (Å²) in [6.45, 7) is 5.94. The van der Waals surface area contributed by atoms with Gasteiger partial charge in [0.1, 0.15) is 5.60 Å². The summed E-state index contributed by atoms with van der Waals surface area (Å²) in [7, 11) is 1.78. The summed E-state index contributed by atoms with van der Waals surface area (Å²) >= 11 is 0. The van der Waals surface area contributed by atoms with Crippen LogP contribution in [-0.2, 0) is 4.74 Å².